The summed E-state index contributed by atoms with van der Waals surface area (Å²) in [5.74, 6) is 0. The average Bonchev–Trinajstić information content (AvgIpc) is 1.89. The van der Waals surface area contributed by atoms with Crippen LogP contribution in [0, 0.1) is 0 Å². The number of hydrogen-bond acceptors (Lipinski definition) is 1. The van der Waals surface area contributed by atoms with Crippen molar-refractivity contribution in [1.82, 2.24) is 5.32 Å². The van der Waals surface area contributed by atoms with Crippen LogP contribution in [0.3, 0.4) is 0 Å². The summed E-state index contributed by atoms with van der Waals surface area (Å²) in [5.41, 5.74) is 0. The van der Waals surface area contributed by atoms with E-state index in [2.05, 4.69) is 19.2 Å². The van der Waals surface area contributed by atoms with Crippen molar-refractivity contribution in [2.24, 2.45) is 0 Å². The van der Waals surface area contributed by atoms with E-state index >= 15 is 0 Å². The summed E-state index contributed by atoms with van der Waals surface area (Å²) in [4.78, 5) is 0. The first-order valence-electron chi connectivity index (χ1n) is 4.12. The molecule has 10 heavy (non-hydrogen) atoms. The van der Waals surface area contributed by atoms with Crippen molar-refractivity contribution in [3.05, 3.63) is 0 Å². The Labute approximate surface area is 87.3 Å². The SMILES string of the molecule is CCCCCCNCC.[Na+]. The van der Waals surface area contributed by atoms with Gasteiger partial charge in [-0.25, -0.2) is 0 Å². The van der Waals surface area contributed by atoms with E-state index < -0.39 is 0 Å². The van der Waals surface area contributed by atoms with Crippen LogP contribution in [0.2, 0.25) is 0 Å². The Morgan fingerprint density at radius 1 is 1.00 bits per heavy atom. The zero-order valence-corrected chi connectivity index (χ0v) is 9.74. The van der Waals surface area contributed by atoms with Crippen molar-refractivity contribution in [2.75, 3.05) is 13.1 Å². The molecule has 0 spiro atoms. The van der Waals surface area contributed by atoms with E-state index in [4.69, 9.17) is 0 Å². The predicted octanol–water partition coefficient (Wildman–Crippen LogP) is -0.820. The van der Waals surface area contributed by atoms with Gasteiger partial charge in [-0.15, -0.1) is 0 Å². The van der Waals surface area contributed by atoms with E-state index in [1.165, 1.54) is 32.2 Å². The summed E-state index contributed by atoms with van der Waals surface area (Å²) >= 11 is 0. The van der Waals surface area contributed by atoms with E-state index in [1.54, 1.807) is 0 Å². The van der Waals surface area contributed by atoms with E-state index in [-0.39, 0.29) is 29.6 Å². The molecule has 0 heterocycles. The molecule has 2 heteroatoms. The summed E-state index contributed by atoms with van der Waals surface area (Å²) in [5, 5.41) is 3.31. The molecule has 1 nitrogen and oxygen atoms in total. The van der Waals surface area contributed by atoms with Crippen molar-refractivity contribution < 1.29 is 29.6 Å². The third kappa shape index (κ3) is 11.7. The Hall–Kier alpha value is 0.960. The van der Waals surface area contributed by atoms with Crippen LogP contribution in [-0.4, -0.2) is 13.1 Å². The van der Waals surface area contributed by atoms with Gasteiger partial charge in [-0.05, 0) is 19.5 Å². The van der Waals surface area contributed by atoms with E-state index in [9.17, 15) is 0 Å². The monoisotopic (exact) mass is 152 g/mol. The molecular formula is C8H19NNa+. The molecule has 0 saturated carbocycles. The van der Waals surface area contributed by atoms with E-state index in [0.717, 1.165) is 6.54 Å². The van der Waals surface area contributed by atoms with Gasteiger partial charge in [0, 0.05) is 0 Å². The average molecular weight is 152 g/mol. The first-order valence-corrected chi connectivity index (χ1v) is 4.12. The van der Waals surface area contributed by atoms with E-state index in [0.29, 0.717) is 0 Å². The molecule has 0 amide bonds. The summed E-state index contributed by atoms with van der Waals surface area (Å²) in [7, 11) is 0. The zero-order valence-electron chi connectivity index (χ0n) is 7.74. The van der Waals surface area contributed by atoms with Gasteiger partial charge < -0.3 is 5.32 Å². The topological polar surface area (TPSA) is 12.0 Å². The molecule has 0 aromatic heterocycles. The van der Waals surface area contributed by atoms with Gasteiger partial charge in [-0.3, -0.25) is 0 Å². The second kappa shape index (κ2) is 12.6. The minimum atomic E-state index is 0. The summed E-state index contributed by atoms with van der Waals surface area (Å²) in [6.07, 6.45) is 5.47. The van der Waals surface area contributed by atoms with Crippen LogP contribution in [0.15, 0.2) is 0 Å². The second-order valence-corrected chi connectivity index (χ2v) is 2.41. The fourth-order valence-electron chi connectivity index (χ4n) is 0.854. The first-order chi connectivity index (χ1) is 4.41. The summed E-state index contributed by atoms with van der Waals surface area (Å²) < 4.78 is 0. The Morgan fingerprint density at radius 2 is 1.70 bits per heavy atom. The molecule has 0 aromatic rings. The van der Waals surface area contributed by atoms with Crippen LogP contribution in [-0.2, 0) is 0 Å². The summed E-state index contributed by atoms with van der Waals surface area (Å²) in [6.45, 7) is 6.72. The van der Waals surface area contributed by atoms with Gasteiger partial charge in [0.2, 0.25) is 0 Å². The fraction of sp³-hybridized carbons (Fsp3) is 1.00. The van der Waals surface area contributed by atoms with Gasteiger partial charge in [-0.1, -0.05) is 33.1 Å². The van der Waals surface area contributed by atoms with Gasteiger partial charge in [0.15, 0.2) is 0 Å². The maximum absolute atomic E-state index is 3.31. The molecule has 0 rings (SSSR count). The molecule has 1 N–H and O–H groups in total. The normalized spacial score (nSPS) is 9.00. The van der Waals surface area contributed by atoms with Crippen molar-refractivity contribution in [3.63, 3.8) is 0 Å². The van der Waals surface area contributed by atoms with E-state index in [1.807, 2.05) is 0 Å². The molecule has 0 saturated heterocycles. The van der Waals surface area contributed by atoms with Crippen molar-refractivity contribution in [2.45, 2.75) is 39.5 Å². The third-order valence-electron chi connectivity index (χ3n) is 1.46. The summed E-state index contributed by atoms with van der Waals surface area (Å²) in [6, 6.07) is 0. The standard InChI is InChI=1S/C8H19N.Na/c1-3-5-6-7-8-9-4-2;/h9H,3-8H2,1-2H3;/q;+1. The molecule has 0 aliphatic heterocycles. The van der Waals surface area contributed by atoms with Crippen molar-refractivity contribution >= 4 is 0 Å². The zero-order chi connectivity index (χ0) is 6.95. The van der Waals surface area contributed by atoms with Gasteiger partial charge in [-0.2, -0.15) is 0 Å². The van der Waals surface area contributed by atoms with Crippen LogP contribution in [0.25, 0.3) is 0 Å². The molecule has 0 fully saturated rings. The van der Waals surface area contributed by atoms with Gasteiger partial charge in [0.05, 0.1) is 0 Å². The molecule has 0 atom stereocenters. The third-order valence-corrected chi connectivity index (χ3v) is 1.46. The molecule has 56 valence electrons. The van der Waals surface area contributed by atoms with Crippen LogP contribution in [0.1, 0.15) is 39.5 Å². The van der Waals surface area contributed by atoms with Gasteiger partial charge in [0.1, 0.15) is 0 Å². The quantitative estimate of drug-likeness (QED) is 0.387. The minimum Gasteiger partial charge on any atom is -0.317 e. The van der Waals surface area contributed by atoms with Crippen molar-refractivity contribution in [1.29, 1.82) is 0 Å². The molecule has 0 radical (unpaired) electrons. The molecule has 0 aromatic carbocycles. The van der Waals surface area contributed by atoms with Crippen LogP contribution in [0.4, 0.5) is 0 Å². The number of hydrogen-bond donors (Lipinski definition) is 1. The smallest absolute Gasteiger partial charge is 0.317 e. The molecule has 0 aliphatic rings. The Balaban J connectivity index is 0. The first kappa shape index (κ1) is 13.5. The molecule has 0 bridgehead atoms. The minimum absolute atomic E-state index is 0. The Kier molecular flexibility index (Phi) is 17.1. The molecule has 0 aliphatic carbocycles. The van der Waals surface area contributed by atoms with Crippen LogP contribution >= 0.6 is 0 Å². The second-order valence-electron chi connectivity index (χ2n) is 2.41. The largest absolute Gasteiger partial charge is 1.00 e. The van der Waals surface area contributed by atoms with Gasteiger partial charge in [0.25, 0.3) is 0 Å². The number of unbranched alkanes of at least 4 members (excludes halogenated alkanes) is 3. The molecule has 0 unspecified atom stereocenters. The van der Waals surface area contributed by atoms with Crippen LogP contribution < -0.4 is 34.9 Å². The number of nitrogens with one attached hydrogen (secondary N) is 1. The maximum Gasteiger partial charge on any atom is 1.00 e. The van der Waals surface area contributed by atoms with Crippen molar-refractivity contribution in [3.8, 4) is 0 Å². The molecular weight excluding hydrogens is 133 g/mol. The Bertz CT molecular complexity index is 42.5. The Morgan fingerprint density at radius 3 is 2.20 bits per heavy atom. The van der Waals surface area contributed by atoms with Crippen LogP contribution in [0.5, 0.6) is 0 Å². The fourth-order valence-corrected chi connectivity index (χ4v) is 0.854. The van der Waals surface area contributed by atoms with Gasteiger partial charge >= 0.3 is 29.6 Å². The maximum atomic E-state index is 3.31. The number of rotatable bonds is 6. The predicted molar refractivity (Wildman–Crippen MR) is 42.7 cm³/mol.